The van der Waals surface area contributed by atoms with Crippen LogP contribution in [0.1, 0.15) is 350 Å². The fourth-order valence-electron chi connectivity index (χ4n) is 10.4. The van der Waals surface area contributed by atoms with Gasteiger partial charge in [-0.05, 0) is 37.5 Å². The van der Waals surface area contributed by atoms with Crippen LogP contribution in [0.15, 0.2) is 0 Å². The molecular weight excluding hydrogens is 1160 g/mol. The first kappa shape index (κ1) is 86.1. The fraction of sp³-hybridized carbons (Fsp3) is 0.942. The molecule has 17 nitrogen and oxygen atoms in total. The Kier molecular flexibility index (Phi) is 59.9. The highest BCUT2D eigenvalue weighted by molar-refractivity contribution is 7.47. The SMILES string of the molecule is CCCCCCCCCCCCCC(=O)OC[C@H](COP(=O)(O)OC[C@@H](O)COP(=O)(O)OC[C@@H](COC(=O)CCCCCCCCC(C)C)OC(=O)CCCCCCCCCCCC)OC(=O)CCCCCCCCCCCCCCCCC(C)CC. The summed E-state index contributed by atoms with van der Waals surface area (Å²) in [6.07, 6.45) is 45.8. The van der Waals surface area contributed by atoms with E-state index in [1.807, 2.05) is 0 Å². The van der Waals surface area contributed by atoms with Gasteiger partial charge in [0.05, 0.1) is 26.4 Å². The second-order valence-corrected chi connectivity index (χ2v) is 28.5. The molecule has 0 radical (unpaired) electrons. The minimum atomic E-state index is -4.95. The number of esters is 4. The van der Waals surface area contributed by atoms with Crippen molar-refractivity contribution in [3.8, 4) is 0 Å². The van der Waals surface area contributed by atoms with E-state index >= 15 is 0 Å². The van der Waals surface area contributed by atoms with Crippen molar-refractivity contribution in [2.75, 3.05) is 39.6 Å². The molecule has 3 unspecified atom stereocenters. The topological polar surface area (TPSA) is 237 Å². The number of phosphoric acid groups is 2. The zero-order valence-corrected chi connectivity index (χ0v) is 58.8. The van der Waals surface area contributed by atoms with Crippen molar-refractivity contribution >= 4 is 39.5 Å². The standard InChI is InChI=1S/C69H134O17P2/c1-7-10-12-14-16-18-24-29-32-39-45-51-66(71)79-57-64(85-69(74)54-48-42-34-30-26-23-21-20-22-25-27-31-38-44-50-62(6)9-3)59-83-87(75,76)81-55-63(70)56-82-88(77,78)84-60-65(58-80-67(72)52-46-40-36-35-37-43-49-61(4)5)86-68(73)53-47-41-33-28-19-17-15-13-11-8-2/h61-65,70H,7-60H2,1-6H3,(H,75,76)(H,77,78)/t62?,63-,64-,65-/m1/s1. The van der Waals surface area contributed by atoms with Crippen LogP contribution < -0.4 is 0 Å². The van der Waals surface area contributed by atoms with Gasteiger partial charge in [-0.25, -0.2) is 9.13 Å². The molecule has 0 aliphatic carbocycles. The number of ether oxygens (including phenoxy) is 4. The summed E-state index contributed by atoms with van der Waals surface area (Å²) in [5.41, 5.74) is 0. The van der Waals surface area contributed by atoms with Crippen LogP contribution in [-0.4, -0.2) is 96.7 Å². The predicted molar refractivity (Wildman–Crippen MR) is 354 cm³/mol. The van der Waals surface area contributed by atoms with Crippen LogP contribution in [0.4, 0.5) is 0 Å². The lowest BCUT2D eigenvalue weighted by atomic mass is 9.99. The van der Waals surface area contributed by atoms with Crippen molar-refractivity contribution in [2.24, 2.45) is 11.8 Å². The molecule has 0 aliphatic heterocycles. The number of aliphatic hydroxyl groups is 1. The molecule has 0 saturated carbocycles. The monoisotopic (exact) mass is 1300 g/mol. The molecule has 0 heterocycles. The Hall–Kier alpha value is -1.94. The van der Waals surface area contributed by atoms with Gasteiger partial charge in [0.2, 0.25) is 0 Å². The van der Waals surface area contributed by atoms with Crippen molar-refractivity contribution < 1.29 is 80.2 Å². The molecule has 0 aliphatic rings. The van der Waals surface area contributed by atoms with E-state index in [0.717, 1.165) is 102 Å². The third kappa shape index (κ3) is 61.6. The smallest absolute Gasteiger partial charge is 0.462 e. The van der Waals surface area contributed by atoms with E-state index < -0.39 is 97.5 Å². The maximum atomic E-state index is 13.0. The van der Waals surface area contributed by atoms with Crippen LogP contribution in [-0.2, 0) is 65.4 Å². The molecule has 0 aromatic rings. The molecule has 88 heavy (non-hydrogen) atoms. The van der Waals surface area contributed by atoms with Gasteiger partial charge in [-0.3, -0.25) is 37.3 Å². The molecular formula is C69H134O17P2. The highest BCUT2D eigenvalue weighted by Gasteiger charge is 2.30. The first-order valence-corrected chi connectivity index (χ1v) is 39.0. The minimum Gasteiger partial charge on any atom is -0.462 e. The summed E-state index contributed by atoms with van der Waals surface area (Å²) in [6, 6.07) is 0. The molecule has 0 fully saturated rings. The lowest BCUT2D eigenvalue weighted by Crippen LogP contribution is -2.30. The van der Waals surface area contributed by atoms with Gasteiger partial charge in [-0.15, -0.1) is 0 Å². The van der Waals surface area contributed by atoms with E-state index in [-0.39, 0.29) is 25.7 Å². The number of carbonyl (C=O) groups excluding carboxylic acids is 4. The number of unbranched alkanes of at least 4 members (excludes halogenated alkanes) is 37. The molecule has 0 spiro atoms. The molecule has 0 rings (SSSR count). The lowest BCUT2D eigenvalue weighted by molar-refractivity contribution is -0.161. The van der Waals surface area contributed by atoms with Crippen molar-refractivity contribution in [1.29, 1.82) is 0 Å². The molecule has 0 aromatic carbocycles. The lowest BCUT2D eigenvalue weighted by Gasteiger charge is -2.21. The summed E-state index contributed by atoms with van der Waals surface area (Å²) >= 11 is 0. The quantitative estimate of drug-likeness (QED) is 0.0222. The van der Waals surface area contributed by atoms with Gasteiger partial charge >= 0.3 is 39.5 Å². The molecule has 0 aromatic heterocycles. The van der Waals surface area contributed by atoms with Crippen LogP contribution in [0.5, 0.6) is 0 Å². The van der Waals surface area contributed by atoms with Crippen LogP contribution in [0.2, 0.25) is 0 Å². The Morgan fingerprint density at radius 2 is 0.580 bits per heavy atom. The largest absolute Gasteiger partial charge is 0.472 e. The summed E-state index contributed by atoms with van der Waals surface area (Å²) in [4.78, 5) is 72.4. The predicted octanol–water partition coefficient (Wildman–Crippen LogP) is 19.6. The Labute approximate surface area is 537 Å². The molecule has 522 valence electrons. The van der Waals surface area contributed by atoms with Crippen LogP contribution in [0, 0.1) is 11.8 Å². The number of hydrogen-bond donors (Lipinski definition) is 3. The van der Waals surface area contributed by atoms with Gasteiger partial charge in [0.25, 0.3) is 0 Å². The highest BCUT2D eigenvalue weighted by Crippen LogP contribution is 2.45. The summed E-state index contributed by atoms with van der Waals surface area (Å²) < 4.78 is 68.2. The number of aliphatic hydroxyl groups excluding tert-OH is 1. The average Bonchev–Trinajstić information content (AvgIpc) is 3.58. The third-order valence-corrected chi connectivity index (χ3v) is 18.2. The minimum absolute atomic E-state index is 0.105. The van der Waals surface area contributed by atoms with Gasteiger partial charge in [-0.1, -0.05) is 298 Å². The summed E-state index contributed by atoms with van der Waals surface area (Å²) in [7, 11) is -9.89. The molecule has 19 heteroatoms. The first-order valence-electron chi connectivity index (χ1n) is 36.0. The van der Waals surface area contributed by atoms with Gasteiger partial charge in [0, 0.05) is 25.7 Å². The van der Waals surface area contributed by atoms with E-state index in [9.17, 15) is 43.2 Å². The Balaban J connectivity index is 5.20. The second kappa shape index (κ2) is 61.3. The second-order valence-electron chi connectivity index (χ2n) is 25.6. The maximum absolute atomic E-state index is 13.0. The zero-order chi connectivity index (χ0) is 65.0. The van der Waals surface area contributed by atoms with Crippen molar-refractivity contribution in [3.05, 3.63) is 0 Å². The van der Waals surface area contributed by atoms with Crippen LogP contribution in [0.3, 0.4) is 0 Å². The van der Waals surface area contributed by atoms with Crippen molar-refractivity contribution in [3.63, 3.8) is 0 Å². The number of hydrogen-bond acceptors (Lipinski definition) is 15. The van der Waals surface area contributed by atoms with Gasteiger partial charge in [0.15, 0.2) is 12.2 Å². The molecule has 0 amide bonds. The normalized spacial score (nSPS) is 14.5. The van der Waals surface area contributed by atoms with Crippen molar-refractivity contribution in [2.45, 2.75) is 368 Å². The van der Waals surface area contributed by atoms with Crippen LogP contribution in [0.25, 0.3) is 0 Å². The summed E-state index contributed by atoms with van der Waals surface area (Å²) in [5.74, 6) is -0.601. The molecule has 0 saturated heterocycles. The molecule has 6 atom stereocenters. The van der Waals surface area contributed by atoms with Crippen molar-refractivity contribution in [1.82, 2.24) is 0 Å². The molecule has 0 bridgehead atoms. The zero-order valence-electron chi connectivity index (χ0n) is 57.0. The van der Waals surface area contributed by atoms with E-state index in [4.69, 9.17) is 37.0 Å². The Bertz CT molecular complexity index is 1720. The van der Waals surface area contributed by atoms with E-state index in [1.165, 1.54) is 161 Å². The highest BCUT2D eigenvalue weighted by atomic mass is 31.2. The van der Waals surface area contributed by atoms with E-state index in [2.05, 4.69) is 41.5 Å². The van der Waals surface area contributed by atoms with Crippen LogP contribution >= 0.6 is 15.6 Å². The summed E-state index contributed by atoms with van der Waals surface area (Å²) in [5, 5.41) is 10.6. The molecule has 3 N–H and O–H groups in total. The maximum Gasteiger partial charge on any atom is 0.472 e. The average molecular weight is 1300 g/mol. The number of phosphoric ester groups is 2. The third-order valence-electron chi connectivity index (χ3n) is 16.3. The number of carbonyl (C=O) groups is 4. The van der Waals surface area contributed by atoms with Gasteiger partial charge < -0.3 is 33.8 Å². The number of rotatable bonds is 68. The van der Waals surface area contributed by atoms with E-state index in [1.54, 1.807) is 0 Å². The van der Waals surface area contributed by atoms with Gasteiger partial charge in [-0.2, -0.15) is 0 Å². The fourth-order valence-corrected chi connectivity index (χ4v) is 12.0. The summed E-state index contributed by atoms with van der Waals surface area (Å²) in [6.45, 7) is 9.50. The van der Waals surface area contributed by atoms with Gasteiger partial charge in [0.1, 0.15) is 19.3 Å². The first-order chi connectivity index (χ1) is 42.4. The van der Waals surface area contributed by atoms with E-state index in [0.29, 0.717) is 31.6 Å². The Morgan fingerprint density at radius 3 is 0.864 bits per heavy atom. The Morgan fingerprint density at radius 1 is 0.330 bits per heavy atom.